The number of carbonyl (C=O) groups is 1. The molecule has 6 nitrogen and oxygen atoms in total. The first-order valence-electron chi connectivity index (χ1n) is 11.8. The van der Waals surface area contributed by atoms with Crippen LogP contribution in [0.15, 0.2) is 53.5 Å². The van der Waals surface area contributed by atoms with E-state index in [0.29, 0.717) is 12.1 Å². The van der Waals surface area contributed by atoms with Gasteiger partial charge in [-0.15, -0.1) is 0 Å². The van der Waals surface area contributed by atoms with E-state index in [1.54, 1.807) is 7.05 Å². The summed E-state index contributed by atoms with van der Waals surface area (Å²) in [4.78, 5) is 16.7. The van der Waals surface area contributed by atoms with Gasteiger partial charge >= 0.3 is 0 Å². The second-order valence-corrected chi connectivity index (χ2v) is 8.72. The zero-order valence-corrected chi connectivity index (χ0v) is 19.1. The third-order valence-electron chi connectivity index (χ3n) is 6.45. The van der Waals surface area contributed by atoms with Crippen molar-refractivity contribution in [1.29, 1.82) is 0 Å². The number of guanidine groups is 1. The van der Waals surface area contributed by atoms with E-state index in [-0.39, 0.29) is 17.6 Å². The van der Waals surface area contributed by atoms with Crippen LogP contribution in [0, 0.1) is 0 Å². The van der Waals surface area contributed by atoms with Gasteiger partial charge in [-0.05, 0) is 62.8 Å². The molecule has 3 N–H and O–H groups in total. The van der Waals surface area contributed by atoms with Crippen molar-refractivity contribution in [3.63, 3.8) is 0 Å². The first-order valence-corrected chi connectivity index (χ1v) is 11.8. The average Bonchev–Trinajstić information content (AvgIpc) is 3.26. The monoisotopic (exact) mass is 434 g/mol. The van der Waals surface area contributed by atoms with Crippen molar-refractivity contribution in [3.05, 3.63) is 65.2 Å². The van der Waals surface area contributed by atoms with Gasteiger partial charge in [0.15, 0.2) is 5.96 Å². The second kappa shape index (κ2) is 10.1. The van der Waals surface area contributed by atoms with Crippen molar-refractivity contribution in [2.75, 3.05) is 20.1 Å². The Labute approximate surface area is 190 Å². The highest BCUT2D eigenvalue weighted by atomic mass is 16.5. The lowest BCUT2D eigenvalue weighted by atomic mass is 9.86. The SMILES string of the molecule is CCNC(=NCCc1cccc(C(=O)NC)c1)NC1CC2(CCCC2)Oc2ccccc21. The van der Waals surface area contributed by atoms with Crippen molar-refractivity contribution in [2.45, 2.75) is 57.1 Å². The van der Waals surface area contributed by atoms with Gasteiger partial charge in [-0.1, -0.05) is 30.3 Å². The summed E-state index contributed by atoms with van der Waals surface area (Å²) in [6.45, 7) is 3.52. The molecule has 1 saturated carbocycles. The molecule has 1 unspecified atom stereocenters. The Balaban J connectivity index is 1.47. The molecule has 0 radical (unpaired) electrons. The number of benzene rings is 2. The highest BCUT2D eigenvalue weighted by Crippen LogP contribution is 2.46. The van der Waals surface area contributed by atoms with Gasteiger partial charge in [0.1, 0.15) is 11.4 Å². The van der Waals surface area contributed by atoms with Gasteiger partial charge in [0.2, 0.25) is 0 Å². The van der Waals surface area contributed by atoms with Crippen LogP contribution in [0.5, 0.6) is 5.75 Å². The van der Waals surface area contributed by atoms with Gasteiger partial charge in [0, 0.05) is 37.7 Å². The lowest BCUT2D eigenvalue weighted by Gasteiger charge is -2.40. The number of fused-ring (bicyclic) bond motifs is 1. The Morgan fingerprint density at radius 2 is 1.97 bits per heavy atom. The summed E-state index contributed by atoms with van der Waals surface area (Å²) in [5.41, 5.74) is 2.93. The van der Waals surface area contributed by atoms with Crippen LogP contribution < -0.4 is 20.7 Å². The molecule has 0 bridgehead atoms. The molecule has 1 heterocycles. The summed E-state index contributed by atoms with van der Waals surface area (Å²) in [6, 6.07) is 16.3. The van der Waals surface area contributed by atoms with Crippen molar-refractivity contribution < 1.29 is 9.53 Å². The molecule has 32 heavy (non-hydrogen) atoms. The van der Waals surface area contributed by atoms with Gasteiger partial charge < -0.3 is 20.7 Å². The fourth-order valence-electron chi connectivity index (χ4n) is 4.87. The maximum absolute atomic E-state index is 11.9. The van der Waals surface area contributed by atoms with E-state index in [1.807, 2.05) is 24.3 Å². The van der Waals surface area contributed by atoms with Gasteiger partial charge in [0.25, 0.3) is 5.91 Å². The first-order chi connectivity index (χ1) is 15.6. The van der Waals surface area contributed by atoms with E-state index in [1.165, 1.54) is 18.4 Å². The summed E-state index contributed by atoms with van der Waals surface area (Å²) in [5, 5.41) is 9.76. The molecule has 4 rings (SSSR count). The number of hydrogen-bond acceptors (Lipinski definition) is 3. The van der Waals surface area contributed by atoms with E-state index in [2.05, 4.69) is 47.1 Å². The minimum atomic E-state index is -0.0654. The minimum Gasteiger partial charge on any atom is -0.487 e. The fourth-order valence-corrected chi connectivity index (χ4v) is 4.87. The van der Waals surface area contributed by atoms with Crippen molar-refractivity contribution >= 4 is 11.9 Å². The Morgan fingerprint density at radius 3 is 2.75 bits per heavy atom. The molecule has 2 aromatic carbocycles. The highest BCUT2D eigenvalue weighted by Gasteiger charge is 2.43. The van der Waals surface area contributed by atoms with Crippen LogP contribution in [0.25, 0.3) is 0 Å². The Morgan fingerprint density at radius 1 is 1.16 bits per heavy atom. The van der Waals surface area contributed by atoms with Crippen LogP contribution >= 0.6 is 0 Å². The molecule has 2 aromatic rings. The summed E-state index contributed by atoms with van der Waals surface area (Å²) >= 11 is 0. The summed E-state index contributed by atoms with van der Waals surface area (Å²) in [7, 11) is 1.65. The molecule has 2 aliphatic rings. The van der Waals surface area contributed by atoms with Crippen LogP contribution in [0.2, 0.25) is 0 Å². The van der Waals surface area contributed by atoms with Crippen LogP contribution in [0.1, 0.15) is 66.6 Å². The third-order valence-corrected chi connectivity index (χ3v) is 6.45. The zero-order valence-electron chi connectivity index (χ0n) is 19.1. The molecule has 1 fully saturated rings. The number of rotatable bonds is 6. The van der Waals surface area contributed by atoms with Crippen molar-refractivity contribution in [3.8, 4) is 5.75 Å². The van der Waals surface area contributed by atoms with Crippen molar-refractivity contribution in [2.24, 2.45) is 4.99 Å². The van der Waals surface area contributed by atoms with Crippen LogP contribution in [0.3, 0.4) is 0 Å². The van der Waals surface area contributed by atoms with Gasteiger partial charge in [-0.25, -0.2) is 0 Å². The summed E-state index contributed by atoms with van der Waals surface area (Å²) < 4.78 is 6.50. The average molecular weight is 435 g/mol. The molecule has 0 saturated heterocycles. The third kappa shape index (κ3) is 5.06. The number of nitrogens with zero attached hydrogens (tertiary/aromatic N) is 1. The van der Waals surface area contributed by atoms with Crippen LogP contribution in [0.4, 0.5) is 0 Å². The lowest BCUT2D eigenvalue weighted by Crippen LogP contribution is -2.46. The van der Waals surface area contributed by atoms with Gasteiger partial charge in [-0.3, -0.25) is 9.79 Å². The Bertz CT molecular complexity index is 966. The number of amides is 1. The van der Waals surface area contributed by atoms with Crippen LogP contribution in [-0.4, -0.2) is 37.6 Å². The number of carbonyl (C=O) groups excluding carboxylic acids is 1. The zero-order chi connectivity index (χ0) is 22.4. The molecule has 1 spiro atoms. The molecule has 170 valence electrons. The predicted molar refractivity (Wildman–Crippen MR) is 128 cm³/mol. The Hall–Kier alpha value is -3.02. The Kier molecular flexibility index (Phi) is 6.98. The predicted octanol–water partition coefficient (Wildman–Crippen LogP) is 3.98. The largest absolute Gasteiger partial charge is 0.487 e. The molecule has 6 heteroatoms. The minimum absolute atomic E-state index is 0.0519. The lowest BCUT2D eigenvalue weighted by molar-refractivity contribution is 0.0396. The second-order valence-electron chi connectivity index (χ2n) is 8.72. The molecule has 1 aliphatic carbocycles. The molecule has 1 aliphatic heterocycles. The molecular formula is C26H34N4O2. The number of ether oxygens (including phenoxy) is 1. The summed E-state index contributed by atoms with van der Waals surface area (Å²) in [6.07, 6.45) is 6.44. The van der Waals surface area contributed by atoms with Crippen molar-refractivity contribution in [1.82, 2.24) is 16.0 Å². The first kappa shape index (κ1) is 22.2. The molecule has 1 atom stereocenters. The van der Waals surface area contributed by atoms with Gasteiger partial charge in [0.05, 0.1) is 6.04 Å². The topological polar surface area (TPSA) is 74.8 Å². The number of hydrogen-bond donors (Lipinski definition) is 3. The fraction of sp³-hybridized carbons (Fsp3) is 0.462. The van der Waals surface area contributed by atoms with E-state index in [4.69, 9.17) is 9.73 Å². The standard InChI is InChI=1S/C26H34N4O2/c1-3-28-25(29-16-13-19-9-8-10-20(17-19)24(31)27-2)30-22-18-26(14-6-7-15-26)32-23-12-5-4-11-21(22)23/h4-5,8-12,17,22H,3,6-7,13-16,18H2,1-2H3,(H,27,31)(H2,28,29,30). The van der Waals surface area contributed by atoms with Crippen LogP contribution in [-0.2, 0) is 6.42 Å². The number of aliphatic imine (C=N–C) groups is 1. The van der Waals surface area contributed by atoms with Gasteiger partial charge in [-0.2, -0.15) is 0 Å². The molecule has 1 amide bonds. The van der Waals surface area contributed by atoms with E-state index in [0.717, 1.165) is 49.5 Å². The quantitative estimate of drug-likeness (QED) is 0.475. The maximum Gasteiger partial charge on any atom is 0.251 e. The van der Waals surface area contributed by atoms with E-state index < -0.39 is 0 Å². The maximum atomic E-state index is 11.9. The van der Waals surface area contributed by atoms with E-state index in [9.17, 15) is 4.79 Å². The smallest absolute Gasteiger partial charge is 0.251 e. The molecular weight excluding hydrogens is 400 g/mol. The normalized spacial score (nSPS) is 19.2. The number of nitrogens with one attached hydrogen (secondary N) is 3. The van der Waals surface area contributed by atoms with E-state index >= 15 is 0 Å². The summed E-state index contributed by atoms with van der Waals surface area (Å²) in [5.74, 6) is 1.76. The molecule has 0 aromatic heterocycles. The highest BCUT2D eigenvalue weighted by molar-refractivity contribution is 5.94. The number of para-hydroxylation sites is 1.